The summed E-state index contributed by atoms with van der Waals surface area (Å²) in [4.78, 5) is 11.3. The van der Waals surface area contributed by atoms with E-state index >= 15 is 0 Å². The van der Waals surface area contributed by atoms with E-state index in [1.165, 1.54) is 0 Å². The summed E-state index contributed by atoms with van der Waals surface area (Å²) < 4.78 is 7.21. The molecule has 0 aliphatic rings. The maximum absolute atomic E-state index is 11.3. The van der Waals surface area contributed by atoms with E-state index in [9.17, 15) is 4.79 Å². The molecule has 1 aromatic heterocycles. The lowest BCUT2D eigenvalue weighted by Gasteiger charge is -2.01. The normalized spacial score (nSPS) is 10.4. The Morgan fingerprint density at radius 3 is 2.93 bits per heavy atom. The molecule has 0 unspecified atom stereocenters. The molecule has 0 N–H and O–H groups in total. The van der Waals surface area contributed by atoms with Crippen LogP contribution in [0.15, 0.2) is 18.5 Å². The van der Waals surface area contributed by atoms with Crippen molar-refractivity contribution in [3.05, 3.63) is 24.0 Å². The fraction of sp³-hybridized carbons (Fsp3) is 0.545. The number of ketones is 1. The van der Waals surface area contributed by atoms with Crippen LogP contribution < -0.4 is 0 Å². The van der Waals surface area contributed by atoms with E-state index in [0.717, 1.165) is 18.7 Å². The van der Waals surface area contributed by atoms with Gasteiger partial charge in [-0.2, -0.15) is 0 Å². The Kier molecular flexibility index (Phi) is 4.40. The average Bonchev–Trinajstić information content (AvgIpc) is 2.66. The minimum atomic E-state index is 0.195. The van der Waals surface area contributed by atoms with Crippen LogP contribution in [0.3, 0.4) is 0 Å². The van der Waals surface area contributed by atoms with Gasteiger partial charge in [-0.1, -0.05) is 6.92 Å². The van der Waals surface area contributed by atoms with Crippen molar-refractivity contribution < 1.29 is 9.53 Å². The maximum atomic E-state index is 11.3. The van der Waals surface area contributed by atoms with Crippen molar-refractivity contribution in [1.29, 1.82) is 0 Å². The van der Waals surface area contributed by atoms with Gasteiger partial charge in [0.05, 0.1) is 6.61 Å². The zero-order valence-corrected chi connectivity index (χ0v) is 8.82. The first-order chi connectivity index (χ1) is 6.77. The Labute approximate surface area is 84.7 Å². The smallest absolute Gasteiger partial charge is 0.164 e. The van der Waals surface area contributed by atoms with Crippen molar-refractivity contribution in [2.75, 3.05) is 13.2 Å². The Hall–Kier alpha value is -1.09. The summed E-state index contributed by atoms with van der Waals surface area (Å²) in [5.41, 5.74) is 0.795. The molecule has 0 aliphatic heterocycles. The molecule has 0 saturated heterocycles. The van der Waals surface area contributed by atoms with E-state index in [1.54, 1.807) is 0 Å². The van der Waals surface area contributed by atoms with E-state index < -0.39 is 0 Å². The highest BCUT2D eigenvalue weighted by Gasteiger charge is 2.03. The van der Waals surface area contributed by atoms with E-state index in [-0.39, 0.29) is 5.78 Å². The SMILES string of the molecule is CCOCCn1ccc(C(=O)CC)c1. The molecule has 0 amide bonds. The highest BCUT2D eigenvalue weighted by atomic mass is 16.5. The van der Waals surface area contributed by atoms with Gasteiger partial charge in [0.2, 0.25) is 0 Å². The number of carbonyl (C=O) groups excluding carboxylic acids is 1. The number of nitrogens with zero attached hydrogens (tertiary/aromatic N) is 1. The number of rotatable bonds is 6. The minimum absolute atomic E-state index is 0.195. The number of Topliss-reactive ketones (excluding diaryl/α,β-unsaturated/α-hetero) is 1. The van der Waals surface area contributed by atoms with Gasteiger partial charge in [0.15, 0.2) is 5.78 Å². The zero-order chi connectivity index (χ0) is 10.4. The summed E-state index contributed by atoms with van der Waals surface area (Å²) in [7, 11) is 0. The van der Waals surface area contributed by atoms with E-state index in [4.69, 9.17) is 4.74 Å². The number of hydrogen-bond acceptors (Lipinski definition) is 2. The molecule has 1 rings (SSSR count). The molecule has 14 heavy (non-hydrogen) atoms. The fourth-order valence-corrected chi connectivity index (χ4v) is 1.26. The third-order valence-electron chi connectivity index (χ3n) is 2.09. The minimum Gasteiger partial charge on any atom is -0.380 e. The Morgan fingerprint density at radius 1 is 1.50 bits per heavy atom. The molecule has 0 saturated carbocycles. The summed E-state index contributed by atoms with van der Waals surface area (Å²) in [5.74, 6) is 0.195. The molecule has 0 aromatic carbocycles. The third kappa shape index (κ3) is 3.00. The molecule has 78 valence electrons. The number of ether oxygens (including phenoxy) is 1. The number of hydrogen-bond donors (Lipinski definition) is 0. The average molecular weight is 195 g/mol. The molecule has 3 heteroatoms. The first-order valence-corrected chi connectivity index (χ1v) is 5.04. The molecule has 1 heterocycles. The summed E-state index contributed by atoms with van der Waals surface area (Å²) in [6, 6.07) is 1.86. The summed E-state index contributed by atoms with van der Waals surface area (Å²) >= 11 is 0. The fourth-order valence-electron chi connectivity index (χ4n) is 1.26. The molecule has 3 nitrogen and oxygen atoms in total. The predicted octanol–water partition coefficient (Wildman–Crippen LogP) is 2.12. The van der Waals surface area contributed by atoms with Crippen molar-refractivity contribution in [2.45, 2.75) is 26.8 Å². The van der Waals surface area contributed by atoms with Crippen molar-refractivity contribution in [2.24, 2.45) is 0 Å². The first-order valence-electron chi connectivity index (χ1n) is 5.04. The molecule has 0 aliphatic carbocycles. The molecule has 0 spiro atoms. The molecule has 0 bridgehead atoms. The second kappa shape index (κ2) is 5.60. The molecule has 0 fully saturated rings. The molecule has 1 aromatic rings. The Bertz CT molecular complexity index is 291. The second-order valence-corrected chi connectivity index (χ2v) is 3.11. The van der Waals surface area contributed by atoms with Crippen LogP contribution in [0.1, 0.15) is 30.6 Å². The highest BCUT2D eigenvalue weighted by molar-refractivity contribution is 5.95. The van der Waals surface area contributed by atoms with Crippen LogP contribution in [0.4, 0.5) is 0 Å². The van der Waals surface area contributed by atoms with E-state index in [1.807, 2.05) is 36.9 Å². The van der Waals surface area contributed by atoms with Gasteiger partial charge in [-0.05, 0) is 13.0 Å². The van der Waals surface area contributed by atoms with Crippen LogP contribution in [0, 0.1) is 0 Å². The third-order valence-corrected chi connectivity index (χ3v) is 2.09. The van der Waals surface area contributed by atoms with Crippen molar-refractivity contribution in [3.63, 3.8) is 0 Å². The molecular formula is C11H17NO2. The zero-order valence-electron chi connectivity index (χ0n) is 8.82. The number of aromatic nitrogens is 1. The highest BCUT2D eigenvalue weighted by Crippen LogP contribution is 2.04. The lowest BCUT2D eigenvalue weighted by Crippen LogP contribution is -2.04. The van der Waals surface area contributed by atoms with Gasteiger partial charge in [0.1, 0.15) is 0 Å². The second-order valence-electron chi connectivity index (χ2n) is 3.11. The Morgan fingerprint density at radius 2 is 2.29 bits per heavy atom. The van der Waals surface area contributed by atoms with E-state index in [2.05, 4.69) is 0 Å². The standard InChI is InChI=1S/C11H17NO2/c1-3-11(13)10-5-6-12(9-10)7-8-14-4-2/h5-6,9H,3-4,7-8H2,1-2H3. The molecular weight excluding hydrogens is 178 g/mol. The van der Waals surface area contributed by atoms with Crippen molar-refractivity contribution in [1.82, 2.24) is 4.57 Å². The summed E-state index contributed by atoms with van der Waals surface area (Å²) in [6.45, 7) is 6.10. The monoisotopic (exact) mass is 195 g/mol. The van der Waals surface area contributed by atoms with Crippen LogP contribution in [-0.2, 0) is 11.3 Å². The van der Waals surface area contributed by atoms with Gasteiger partial charge in [-0.25, -0.2) is 0 Å². The lowest BCUT2D eigenvalue weighted by atomic mass is 10.2. The van der Waals surface area contributed by atoms with E-state index in [0.29, 0.717) is 13.0 Å². The largest absolute Gasteiger partial charge is 0.380 e. The maximum Gasteiger partial charge on any atom is 0.164 e. The van der Waals surface area contributed by atoms with Gasteiger partial charge < -0.3 is 9.30 Å². The van der Waals surface area contributed by atoms with Crippen LogP contribution in [0.25, 0.3) is 0 Å². The van der Waals surface area contributed by atoms with Gasteiger partial charge in [0.25, 0.3) is 0 Å². The van der Waals surface area contributed by atoms with Crippen LogP contribution in [-0.4, -0.2) is 23.6 Å². The molecule has 0 radical (unpaired) electrons. The van der Waals surface area contributed by atoms with Crippen LogP contribution in [0.2, 0.25) is 0 Å². The van der Waals surface area contributed by atoms with Crippen molar-refractivity contribution in [3.8, 4) is 0 Å². The molecule has 0 atom stereocenters. The van der Waals surface area contributed by atoms with Gasteiger partial charge >= 0.3 is 0 Å². The van der Waals surface area contributed by atoms with Crippen molar-refractivity contribution >= 4 is 5.78 Å². The van der Waals surface area contributed by atoms with Gasteiger partial charge in [-0.15, -0.1) is 0 Å². The van der Waals surface area contributed by atoms with Crippen LogP contribution >= 0.6 is 0 Å². The van der Waals surface area contributed by atoms with Gasteiger partial charge in [-0.3, -0.25) is 4.79 Å². The van der Waals surface area contributed by atoms with Gasteiger partial charge in [0, 0.05) is 37.5 Å². The quantitative estimate of drug-likeness (QED) is 0.514. The predicted molar refractivity (Wildman–Crippen MR) is 55.5 cm³/mol. The van der Waals surface area contributed by atoms with Crippen LogP contribution in [0.5, 0.6) is 0 Å². The summed E-state index contributed by atoms with van der Waals surface area (Å²) in [5, 5.41) is 0. The number of carbonyl (C=O) groups is 1. The Balaban J connectivity index is 2.46. The lowest BCUT2D eigenvalue weighted by molar-refractivity contribution is 0.0987. The topological polar surface area (TPSA) is 31.2 Å². The first kappa shape index (κ1) is 11.0. The summed E-state index contributed by atoms with van der Waals surface area (Å²) in [6.07, 6.45) is 4.36.